The lowest BCUT2D eigenvalue weighted by atomic mass is 10.2. The monoisotopic (exact) mass is 226 g/mol. The summed E-state index contributed by atoms with van der Waals surface area (Å²) in [5.41, 5.74) is 0.922. The van der Waals surface area contributed by atoms with Crippen molar-refractivity contribution in [2.45, 2.75) is 32.7 Å². The van der Waals surface area contributed by atoms with Crippen LogP contribution in [0.4, 0.5) is 0 Å². The van der Waals surface area contributed by atoms with E-state index in [2.05, 4.69) is 5.10 Å². The van der Waals surface area contributed by atoms with Crippen molar-refractivity contribution in [2.24, 2.45) is 0 Å². The normalized spacial score (nSPS) is 12.4. The van der Waals surface area contributed by atoms with Gasteiger partial charge in [-0.15, -0.1) is 0 Å². The van der Waals surface area contributed by atoms with Gasteiger partial charge in [0, 0.05) is 12.8 Å². The molecule has 0 fully saturated rings. The third-order valence-electron chi connectivity index (χ3n) is 2.32. The van der Waals surface area contributed by atoms with Crippen molar-refractivity contribution in [1.82, 2.24) is 9.78 Å². The predicted octanol–water partition coefficient (Wildman–Crippen LogP) is 0.932. The summed E-state index contributed by atoms with van der Waals surface area (Å²) in [6.07, 6.45) is 4.64. The van der Waals surface area contributed by atoms with Crippen molar-refractivity contribution in [3.63, 3.8) is 0 Å². The molecule has 5 nitrogen and oxygen atoms in total. The number of hydrogen-bond donors (Lipinski definition) is 1. The van der Waals surface area contributed by atoms with E-state index in [0.29, 0.717) is 19.4 Å². The summed E-state index contributed by atoms with van der Waals surface area (Å²) >= 11 is 0. The number of nitrogens with zero attached hydrogens (tertiary/aromatic N) is 2. The van der Waals surface area contributed by atoms with E-state index in [1.807, 2.05) is 6.92 Å². The number of rotatable bonds is 6. The van der Waals surface area contributed by atoms with Gasteiger partial charge in [-0.05, 0) is 25.3 Å². The molecular formula is C11H18N2O3. The molecule has 0 aromatic carbocycles. The van der Waals surface area contributed by atoms with Crippen LogP contribution in [0.15, 0.2) is 12.4 Å². The van der Waals surface area contributed by atoms with E-state index in [1.54, 1.807) is 24.0 Å². The zero-order valence-corrected chi connectivity index (χ0v) is 9.72. The van der Waals surface area contributed by atoms with Crippen LogP contribution in [0.3, 0.4) is 0 Å². The minimum atomic E-state index is -0.368. The Hall–Kier alpha value is -1.36. The number of aliphatic hydroxyl groups is 1. The molecule has 0 saturated carbocycles. The molecule has 0 saturated heterocycles. The SMILES string of the molecule is CCOC(=O)C(CC)n1cc(CCO)cn1. The van der Waals surface area contributed by atoms with Gasteiger partial charge in [-0.3, -0.25) is 4.68 Å². The average molecular weight is 226 g/mol. The van der Waals surface area contributed by atoms with Crippen molar-refractivity contribution >= 4 is 5.97 Å². The molecule has 1 aromatic rings. The van der Waals surface area contributed by atoms with E-state index < -0.39 is 0 Å². The number of aliphatic hydroxyl groups excluding tert-OH is 1. The molecule has 1 heterocycles. The van der Waals surface area contributed by atoms with Crippen molar-refractivity contribution in [1.29, 1.82) is 0 Å². The van der Waals surface area contributed by atoms with E-state index in [4.69, 9.17) is 9.84 Å². The first kappa shape index (κ1) is 12.7. The Morgan fingerprint density at radius 3 is 2.94 bits per heavy atom. The van der Waals surface area contributed by atoms with Gasteiger partial charge in [0.2, 0.25) is 0 Å². The van der Waals surface area contributed by atoms with Gasteiger partial charge in [-0.2, -0.15) is 5.10 Å². The van der Waals surface area contributed by atoms with Crippen molar-refractivity contribution < 1.29 is 14.6 Å². The van der Waals surface area contributed by atoms with Crippen LogP contribution in [0.1, 0.15) is 31.9 Å². The first-order valence-corrected chi connectivity index (χ1v) is 5.53. The van der Waals surface area contributed by atoms with E-state index in [0.717, 1.165) is 5.56 Å². The Kier molecular flexibility index (Phi) is 4.98. The smallest absolute Gasteiger partial charge is 0.330 e. The second-order valence-corrected chi connectivity index (χ2v) is 3.48. The molecule has 1 unspecified atom stereocenters. The van der Waals surface area contributed by atoms with Gasteiger partial charge in [-0.25, -0.2) is 4.79 Å². The Bertz CT molecular complexity index is 336. The van der Waals surface area contributed by atoms with Gasteiger partial charge in [0.25, 0.3) is 0 Å². The summed E-state index contributed by atoms with van der Waals surface area (Å²) in [5, 5.41) is 12.9. The van der Waals surface area contributed by atoms with Gasteiger partial charge in [0.15, 0.2) is 0 Å². The number of carbonyl (C=O) groups is 1. The lowest BCUT2D eigenvalue weighted by Gasteiger charge is -2.13. The largest absolute Gasteiger partial charge is 0.464 e. The number of ether oxygens (including phenoxy) is 1. The fourth-order valence-electron chi connectivity index (χ4n) is 1.51. The maximum atomic E-state index is 11.6. The molecule has 1 rings (SSSR count). The first-order chi connectivity index (χ1) is 7.72. The molecular weight excluding hydrogens is 208 g/mol. The van der Waals surface area contributed by atoms with Crippen LogP contribution >= 0.6 is 0 Å². The maximum absolute atomic E-state index is 11.6. The second-order valence-electron chi connectivity index (χ2n) is 3.48. The Labute approximate surface area is 95.0 Å². The zero-order valence-electron chi connectivity index (χ0n) is 9.72. The molecule has 5 heteroatoms. The molecule has 0 aliphatic rings. The van der Waals surface area contributed by atoms with Gasteiger partial charge >= 0.3 is 5.97 Å². The van der Waals surface area contributed by atoms with E-state index in [9.17, 15) is 4.79 Å². The van der Waals surface area contributed by atoms with Gasteiger partial charge < -0.3 is 9.84 Å². The van der Waals surface area contributed by atoms with Crippen LogP contribution in [0.2, 0.25) is 0 Å². The van der Waals surface area contributed by atoms with Crippen molar-refractivity contribution in [2.75, 3.05) is 13.2 Å². The topological polar surface area (TPSA) is 64.3 Å². The van der Waals surface area contributed by atoms with Gasteiger partial charge in [0.1, 0.15) is 6.04 Å². The summed E-state index contributed by atoms with van der Waals surface area (Å²) in [6.45, 7) is 4.15. The highest BCUT2D eigenvalue weighted by atomic mass is 16.5. The summed E-state index contributed by atoms with van der Waals surface area (Å²) in [4.78, 5) is 11.6. The van der Waals surface area contributed by atoms with Gasteiger partial charge in [0.05, 0.1) is 12.8 Å². The minimum absolute atomic E-state index is 0.0852. The lowest BCUT2D eigenvalue weighted by Crippen LogP contribution is -2.21. The van der Waals surface area contributed by atoms with Crippen molar-refractivity contribution in [3.05, 3.63) is 18.0 Å². The molecule has 0 aliphatic heterocycles. The summed E-state index contributed by atoms with van der Waals surface area (Å²) in [6, 6.07) is -0.368. The van der Waals surface area contributed by atoms with Crippen LogP contribution in [-0.2, 0) is 16.0 Å². The van der Waals surface area contributed by atoms with Crippen LogP contribution in [-0.4, -0.2) is 34.1 Å². The second kappa shape index (κ2) is 6.27. The van der Waals surface area contributed by atoms with Crippen LogP contribution in [0, 0.1) is 0 Å². The Balaban J connectivity index is 2.74. The third kappa shape index (κ3) is 3.06. The highest BCUT2D eigenvalue weighted by molar-refractivity contribution is 5.74. The Morgan fingerprint density at radius 1 is 1.62 bits per heavy atom. The molecule has 1 atom stereocenters. The molecule has 0 radical (unpaired) electrons. The number of esters is 1. The highest BCUT2D eigenvalue weighted by Gasteiger charge is 2.20. The molecule has 0 bridgehead atoms. The molecule has 0 spiro atoms. The number of carbonyl (C=O) groups excluding carboxylic acids is 1. The molecule has 0 amide bonds. The number of aromatic nitrogens is 2. The van der Waals surface area contributed by atoms with Gasteiger partial charge in [-0.1, -0.05) is 6.92 Å². The highest BCUT2D eigenvalue weighted by Crippen LogP contribution is 2.13. The van der Waals surface area contributed by atoms with Crippen LogP contribution in [0.5, 0.6) is 0 Å². The van der Waals surface area contributed by atoms with E-state index >= 15 is 0 Å². The van der Waals surface area contributed by atoms with E-state index in [1.165, 1.54) is 0 Å². The summed E-state index contributed by atoms with van der Waals surface area (Å²) < 4.78 is 6.57. The molecule has 0 aliphatic carbocycles. The number of hydrogen-bond acceptors (Lipinski definition) is 4. The minimum Gasteiger partial charge on any atom is -0.464 e. The van der Waals surface area contributed by atoms with Crippen molar-refractivity contribution in [3.8, 4) is 0 Å². The molecule has 90 valence electrons. The Morgan fingerprint density at radius 2 is 2.38 bits per heavy atom. The standard InChI is InChI=1S/C11H18N2O3/c1-3-10(11(15)16-4-2)13-8-9(5-6-14)7-12-13/h7-8,10,14H,3-6H2,1-2H3. The molecule has 1 aromatic heterocycles. The van der Waals surface area contributed by atoms with E-state index in [-0.39, 0.29) is 18.6 Å². The fraction of sp³-hybridized carbons (Fsp3) is 0.636. The predicted molar refractivity (Wildman–Crippen MR) is 59.0 cm³/mol. The quantitative estimate of drug-likeness (QED) is 0.733. The fourth-order valence-corrected chi connectivity index (χ4v) is 1.51. The summed E-state index contributed by atoms with van der Waals surface area (Å²) in [5.74, 6) is -0.261. The summed E-state index contributed by atoms with van der Waals surface area (Å²) in [7, 11) is 0. The van der Waals surface area contributed by atoms with Crippen LogP contribution < -0.4 is 0 Å². The van der Waals surface area contributed by atoms with Crippen LogP contribution in [0.25, 0.3) is 0 Å². The third-order valence-corrected chi connectivity index (χ3v) is 2.32. The lowest BCUT2D eigenvalue weighted by molar-refractivity contribution is -0.147. The maximum Gasteiger partial charge on any atom is 0.330 e. The zero-order chi connectivity index (χ0) is 12.0. The first-order valence-electron chi connectivity index (χ1n) is 5.53. The molecule has 16 heavy (non-hydrogen) atoms. The average Bonchev–Trinajstić information content (AvgIpc) is 2.68. The molecule has 1 N–H and O–H groups in total.